The van der Waals surface area contributed by atoms with Gasteiger partial charge in [0.2, 0.25) is 0 Å². The first-order valence-corrected chi connectivity index (χ1v) is 8.30. The molecule has 0 spiro atoms. The van der Waals surface area contributed by atoms with Crippen molar-refractivity contribution in [2.24, 2.45) is 0 Å². The summed E-state index contributed by atoms with van der Waals surface area (Å²) in [7, 11) is 0. The molecule has 0 aliphatic heterocycles. The second-order valence-electron chi connectivity index (χ2n) is 5.92. The number of ether oxygens (including phenoxy) is 2. The maximum Gasteiger partial charge on any atom is 0.120 e. The Morgan fingerprint density at radius 2 is 1.70 bits per heavy atom. The largest absolute Gasteiger partial charge is 0.494 e. The van der Waals surface area contributed by atoms with Crippen LogP contribution in [0.1, 0.15) is 44.9 Å². The van der Waals surface area contributed by atoms with Gasteiger partial charge in [0.25, 0.3) is 0 Å². The van der Waals surface area contributed by atoms with Gasteiger partial charge in [-0.15, -0.1) is 0 Å². The Balaban J connectivity index is 1.92. The van der Waals surface area contributed by atoms with Crippen LogP contribution in [-0.4, -0.2) is 12.7 Å². The minimum absolute atomic E-state index is 0.192. The molecule has 3 nitrogen and oxygen atoms in total. The minimum atomic E-state index is 0.192. The van der Waals surface area contributed by atoms with Crippen LogP contribution in [0.15, 0.2) is 48.5 Å². The Kier molecular flexibility index (Phi) is 6.48. The molecule has 0 unspecified atom stereocenters. The quantitative estimate of drug-likeness (QED) is 0.764. The highest BCUT2D eigenvalue weighted by Gasteiger charge is 2.07. The number of nitrogens with one attached hydrogen (secondary N) is 1. The highest BCUT2D eigenvalue weighted by Crippen LogP contribution is 2.20. The van der Waals surface area contributed by atoms with Crippen LogP contribution in [0.5, 0.6) is 11.5 Å². The van der Waals surface area contributed by atoms with Crippen LogP contribution >= 0.6 is 0 Å². The van der Waals surface area contributed by atoms with Crippen LogP contribution in [0.25, 0.3) is 0 Å². The SMILES string of the molecule is CCOc1ccc(CN[C@H](C)c2cccc(OC(C)C)c2)cc1. The standard InChI is InChI=1S/C20H27NO2/c1-5-22-19-11-9-17(10-12-19)14-21-16(4)18-7-6-8-20(13-18)23-15(2)3/h6-13,15-16,21H,5,14H2,1-4H3/t16-/m1/s1. The molecule has 2 rings (SSSR count). The smallest absolute Gasteiger partial charge is 0.120 e. The molecule has 0 amide bonds. The number of benzene rings is 2. The first-order chi connectivity index (χ1) is 11.1. The normalized spacial score (nSPS) is 12.2. The molecule has 0 fully saturated rings. The fraction of sp³-hybridized carbons (Fsp3) is 0.400. The lowest BCUT2D eigenvalue weighted by atomic mass is 10.1. The van der Waals surface area contributed by atoms with Crippen molar-refractivity contribution in [3.8, 4) is 11.5 Å². The van der Waals surface area contributed by atoms with Gasteiger partial charge in [0, 0.05) is 12.6 Å². The third kappa shape index (κ3) is 5.61. The third-order valence-corrected chi connectivity index (χ3v) is 3.58. The molecule has 2 aromatic carbocycles. The fourth-order valence-corrected chi connectivity index (χ4v) is 2.39. The van der Waals surface area contributed by atoms with Gasteiger partial charge in [-0.2, -0.15) is 0 Å². The van der Waals surface area contributed by atoms with Crippen molar-refractivity contribution in [2.75, 3.05) is 6.61 Å². The van der Waals surface area contributed by atoms with Crippen molar-refractivity contribution < 1.29 is 9.47 Å². The predicted molar refractivity (Wildman–Crippen MR) is 95.1 cm³/mol. The zero-order valence-electron chi connectivity index (χ0n) is 14.5. The molecule has 2 aromatic rings. The third-order valence-electron chi connectivity index (χ3n) is 3.58. The van der Waals surface area contributed by atoms with Gasteiger partial charge >= 0.3 is 0 Å². The van der Waals surface area contributed by atoms with E-state index < -0.39 is 0 Å². The molecular weight excluding hydrogens is 286 g/mol. The van der Waals surface area contributed by atoms with Crippen molar-refractivity contribution in [3.05, 3.63) is 59.7 Å². The van der Waals surface area contributed by atoms with Crippen molar-refractivity contribution in [2.45, 2.75) is 46.4 Å². The van der Waals surface area contributed by atoms with E-state index in [2.05, 4.69) is 36.5 Å². The maximum atomic E-state index is 5.76. The number of hydrogen-bond donors (Lipinski definition) is 1. The summed E-state index contributed by atoms with van der Waals surface area (Å²) in [5.74, 6) is 1.84. The lowest BCUT2D eigenvalue weighted by Gasteiger charge is -2.17. The molecule has 1 N–H and O–H groups in total. The van der Waals surface area contributed by atoms with Gasteiger partial charge in [-0.1, -0.05) is 24.3 Å². The summed E-state index contributed by atoms with van der Waals surface area (Å²) >= 11 is 0. The summed E-state index contributed by atoms with van der Waals surface area (Å²) in [5.41, 5.74) is 2.48. The molecule has 3 heteroatoms. The Morgan fingerprint density at radius 1 is 0.957 bits per heavy atom. The van der Waals surface area contributed by atoms with E-state index in [-0.39, 0.29) is 12.1 Å². The van der Waals surface area contributed by atoms with Crippen molar-refractivity contribution in [3.63, 3.8) is 0 Å². The Morgan fingerprint density at radius 3 is 2.35 bits per heavy atom. The molecule has 0 saturated heterocycles. The van der Waals surface area contributed by atoms with Crippen LogP contribution in [0.3, 0.4) is 0 Å². The van der Waals surface area contributed by atoms with E-state index in [4.69, 9.17) is 9.47 Å². The number of rotatable bonds is 8. The molecular formula is C20H27NO2. The summed E-state index contributed by atoms with van der Waals surface area (Å²) < 4.78 is 11.2. The summed E-state index contributed by atoms with van der Waals surface area (Å²) in [4.78, 5) is 0. The van der Waals surface area contributed by atoms with E-state index in [0.717, 1.165) is 18.0 Å². The molecule has 0 aliphatic carbocycles. The molecule has 23 heavy (non-hydrogen) atoms. The summed E-state index contributed by atoms with van der Waals surface area (Å²) in [6, 6.07) is 16.8. The van der Waals surface area contributed by atoms with E-state index in [0.29, 0.717) is 6.61 Å². The second-order valence-corrected chi connectivity index (χ2v) is 5.92. The van der Waals surface area contributed by atoms with E-state index in [1.807, 2.05) is 45.0 Å². The van der Waals surface area contributed by atoms with Crippen LogP contribution in [0.2, 0.25) is 0 Å². The van der Waals surface area contributed by atoms with E-state index >= 15 is 0 Å². The molecule has 0 radical (unpaired) electrons. The van der Waals surface area contributed by atoms with Crippen LogP contribution in [0.4, 0.5) is 0 Å². The van der Waals surface area contributed by atoms with E-state index in [9.17, 15) is 0 Å². The van der Waals surface area contributed by atoms with Gasteiger partial charge in [0.15, 0.2) is 0 Å². The van der Waals surface area contributed by atoms with Crippen molar-refractivity contribution >= 4 is 0 Å². The summed E-state index contributed by atoms with van der Waals surface area (Å²) in [6.07, 6.45) is 0.192. The van der Waals surface area contributed by atoms with E-state index in [1.165, 1.54) is 11.1 Å². The van der Waals surface area contributed by atoms with Gasteiger partial charge in [-0.3, -0.25) is 0 Å². The van der Waals surface area contributed by atoms with Crippen LogP contribution in [-0.2, 0) is 6.54 Å². The van der Waals surface area contributed by atoms with Crippen molar-refractivity contribution in [1.29, 1.82) is 0 Å². The molecule has 0 heterocycles. The molecule has 0 aliphatic rings. The number of hydrogen-bond acceptors (Lipinski definition) is 3. The Labute approximate surface area is 139 Å². The van der Waals surface area contributed by atoms with Crippen molar-refractivity contribution in [1.82, 2.24) is 5.32 Å². The highest BCUT2D eigenvalue weighted by molar-refractivity contribution is 5.31. The fourth-order valence-electron chi connectivity index (χ4n) is 2.39. The predicted octanol–water partition coefficient (Wildman–Crippen LogP) is 4.72. The van der Waals surface area contributed by atoms with E-state index in [1.54, 1.807) is 0 Å². The molecule has 0 aromatic heterocycles. The molecule has 0 bridgehead atoms. The molecule has 124 valence electrons. The van der Waals surface area contributed by atoms with Gasteiger partial charge in [0.05, 0.1) is 12.7 Å². The minimum Gasteiger partial charge on any atom is -0.494 e. The van der Waals surface area contributed by atoms with Gasteiger partial charge in [-0.05, 0) is 63.1 Å². The molecule has 1 atom stereocenters. The zero-order chi connectivity index (χ0) is 16.7. The lowest BCUT2D eigenvalue weighted by molar-refractivity contribution is 0.242. The van der Waals surface area contributed by atoms with Gasteiger partial charge < -0.3 is 14.8 Å². The maximum absolute atomic E-state index is 5.76. The zero-order valence-corrected chi connectivity index (χ0v) is 14.5. The van der Waals surface area contributed by atoms with Gasteiger partial charge in [0.1, 0.15) is 11.5 Å². The topological polar surface area (TPSA) is 30.5 Å². The monoisotopic (exact) mass is 313 g/mol. The highest BCUT2D eigenvalue weighted by atomic mass is 16.5. The average molecular weight is 313 g/mol. The molecule has 0 saturated carbocycles. The first-order valence-electron chi connectivity index (χ1n) is 8.30. The van der Waals surface area contributed by atoms with Crippen LogP contribution < -0.4 is 14.8 Å². The second kappa shape index (κ2) is 8.59. The van der Waals surface area contributed by atoms with Crippen LogP contribution in [0, 0.1) is 0 Å². The first kappa shape index (κ1) is 17.4. The Bertz CT molecular complexity index is 593. The lowest BCUT2D eigenvalue weighted by Crippen LogP contribution is -2.18. The average Bonchev–Trinajstić information content (AvgIpc) is 2.54. The van der Waals surface area contributed by atoms with Gasteiger partial charge in [-0.25, -0.2) is 0 Å². The Hall–Kier alpha value is -2.00. The summed E-state index contributed by atoms with van der Waals surface area (Å²) in [5, 5.41) is 3.55. The summed E-state index contributed by atoms with van der Waals surface area (Å²) in [6.45, 7) is 9.77.